The number of nitrogens with one attached hydrogen (secondary N) is 2. The lowest BCUT2D eigenvalue weighted by atomic mass is 9.83. The molecule has 9 heteroatoms. The number of benzene rings is 1. The molecular formula is C28H27Cl2FN6. The van der Waals surface area contributed by atoms with Crippen LogP contribution in [0.2, 0.25) is 10.2 Å². The van der Waals surface area contributed by atoms with E-state index in [9.17, 15) is 4.39 Å². The maximum absolute atomic E-state index is 13.5. The highest BCUT2D eigenvalue weighted by atomic mass is 35.5. The summed E-state index contributed by atoms with van der Waals surface area (Å²) < 4.78 is 13.5. The number of aromatic nitrogens is 4. The van der Waals surface area contributed by atoms with Crippen LogP contribution in [0.5, 0.6) is 0 Å². The lowest BCUT2D eigenvalue weighted by Gasteiger charge is -2.29. The average molecular weight is 537 g/mol. The summed E-state index contributed by atoms with van der Waals surface area (Å²) in [5, 5.41) is 7.74. The van der Waals surface area contributed by atoms with Crippen LogP contribution in [0.1, 0.15) is 36.9 Å². The van der Waals surface area contributed by atoms with Gasteiger partial charge in [0.15, 0.2) is 0 Å². The fourth-order valence-corrected chi connectivity index (χ4v) is 5.09. The van der Waals surface area contributed by atoms with E-state index >= 15 is 0 Å². The third-order valence-corrected chi connectivity index (χ3v) is 7.14. The van der Waals surface area contributed by atoms with Gasteiger partial charge in [-0.3, -0.25) is 4.98 Å². The Morgan fingerprint density at radius 3 is 2.54 bits per heavy atom. The van der Waals surface area contributed by atoms with Crippen LogP contribution in [-0.4, -0.2) is 26.0 Å². The van der Waals surface area contributed by atoms with Crippen LogP contribution in [0.4, 0.5) is 16.0 Å². The second-order valence-electron chi connectivity index (χ2n) is 9.34. The molecule has 0 unspecified atom stereocenters. The van der Waals surface area contributed by atoms with E-state index in [0.717, 1.165) is 60.4 Å². The van der Waals surface area contributed by atoms with Gasteiger partial charge < -0.3 is 10.6 Å². The normalized spacial score (nSPS) is 17.4. The predicted octanol–water partition coefficient (Wildman–Crippen LogP) is 7.21. The van der Waals surface area contributed by atoms with Crippen LogP contribution in [-0.2, 0) is 13.0 Å². The minimum Gasteiger partial charge on any atom is -0.367 e. The Hall–Kier alpha value is -3.29. The molecule has 190 valence electrons. The van der Waals surface area contributed by atoms with Gasteiger partial charge >= 0.3 is 0 Å². The van der Waals surface area contributed by atoms with Crippen LogP contribution in [0.15, 0.2) is 67.1 Å². The van der Waals surface area contributed by atoms with Crippen LogP contribution >= 0.6 is 23.2 Å². The van der Waals surface area contributed by atoms with Crippen molar-refractivity contribution in [3.63, 3.8) is 0 Å². The van der Waals surface area contributed by atoms with Crippen molar-refractivity contribution in [1.29, 1.82) is 0 Å². The molecule has 1 saturated carbocycles. The summed E-state index contributed by atoms with van der Waals surface area (Å²) in [5.41, 5.74) is 3.49. The topological polar surface area (TPSA) is 75.6 Å². The quantitative estimate of drug-likeness (QED) is 0.232. The molecule has 0 atom stereocenters. The highest BCUT2D eigenvalue weighted by Gasteiger charge is 2.22. The van der Waals surface area contributed by atoms with Gasteiger partial charge in [0.2, 0.25) is 0 Å². The van der Waals surface area contributed by atoms with Crippen molar-refractivity contribution in [3.05, 3.63) is 94.4 Å². The van der Waals surface area contributed by atoms with Gasteiger partial charge in [0, 0.05) is 36.1 Å². The molecule has 2 N–H and O–H groups in total. The monoisotopic (exact) mass is 536 g/mol. The molecular weight excluding hydrogens is 510 g/mol. The van der Waals surface area contributed by atoms with Gasteiger partial charge in [-0.05, 0) is 73.9 Å². The third kappa shape index (κ3) is 6.93. The molecule has 4 aromatic rings. The molecule has 0 amide bonds. The summed E-state index contributed by atoms with van der Waals surface area (Å²) in [6.45, 7) is 0.478. The first-order chi connectivity index (χ1) is 18.0. The zero-order valence-corrected chi connectivity index (χ0v) is 21.7. The Labute approximate surface area is 225 Å². The number of rotatable bonds is 8. The average Bonchev–Trinajstić information content (AvgIpc) is 2.90. The van der Waals surface area contributed by atoms with Crippen molar-refractivity contribution in [2.24, 2.45) is 5.92 Å². The van der Waals surface area contributed by atoms with Gasteiger partial charge in [-0.15, -0.1) is 0 Å². The largest absolute Gasteiger partial charge is 0.367 e. The highest BCUT2D eigenvalue weighted by molar-refractivity contribution is 6.33. The number of halogens is 3. The molecule has 3 heterocycles. The van der Waals surface area contributed by atoms with Crippen molar-refractivity contribution >= 4 is 34.8 Å². The SMILES string of the molecule is Fc1cccc(CNc2cccc(-c3cc(CC4CCC(Nc5cc(Cl)ncn5)CC4)ncc3Cl)n2)c1. The number of hydrogen-bond acceptors (Lipinski definition) is 6. The van der Waals surface area contributed by atoms with E-state index in [4.69, 9.17) is 28.2 Å². The maximum Gasteiger partial charge on any atom is 0.134 e. The van der Waals surface area contributed by atoms with Gasteiger partial charge in [-0.1, -0.05) is 41.4 Å². The van der Waals surface area contributed by atoms with Crippen molar-refractivity contribution < 1.29 is 4.39 Å². The maximum atomic E-state index is 13.5. The molecule has 3 aromatic heterocycles. The molecule has 1 aliphatic carbocycles. The molecule has 1 aromatic carbocycles. The first-order valence-electron chi connectivity index (χ1n) is 12.4. The van der Waals surface area contributed by atoms with Crippen molar-refractivity contribution in [1.82, 2.24) is 19.9 Å². The first kappa shape index (κ1) is 25.4. The van der Waals surface area contributed by atoms with E-state index < -0.39 is 0 Å². The van der Waals surface area contributed by atoms with Crippen molar-refractivity contribution in [2.45, 2.75) is 44.7 Å². The summed E-state index contributed by atoms with van der Waals surface area (Å²) in [5.74, 6) is 1.78. The molecule has 0 radical (unpaired) electrons. The van der Waals surface area contributed by atoms with Gasteiger partial charge in [0.1, 0.15) is 28.9 Å². The molecule has 0 saturated heterocycles. The molecule has 1 aliphatic rings. The predicted molar refractivity (Wildman–Crippen MR) is 146 cm³/mol. The Morgan fingerprint density at radius 1 is 0.892 bits per heavy atom. The molecule has 0 spiro atoms. The van der Waals surface area contributed by atoms with E-state index in [1.807, 2.05) is 30.3 Å². The fourth-order valence-electron chi connectivity index (χ4n) is 4.74. The van der Waals surface area contributed by atoms with Crippen molar-refractivity contribution in [2.75, 3.05) is 10.6 Å². The Balaban J connectivity index is 1.20. The first-order valence-corrected chi connectivity index (χ1v) is 13.1. The number of hydrogen-bond donors (Lipinski definition) is 2. The number of nitrogens with zero attached hydrogens (tertiary/aromatic N) is 4. The van der Waals surface area contributed by atoms with E-state index in [-0.39, 0.29) is 5.82 Å². The van der Waals surface area contributed by atoms with Gasteiger partial charge in [-0.25, -0.2) is 19.3 Å². The van der Waals surface area contributed by atoms with Gasteiger partial charge in [-0.2, -0.15) is 0 Å². The molecule has 0 aliphatic heterocycles. The summed E-state index contributed by atoms with van der Waals surface area (Å²) in [4.78, 5) is 17.5. The fraction of sp³-hybridized carbons (Fsp3) is 0.286. The van der Waals surface area contributed by atoms with E-state index in [0.29, 0.717) is 34.5 Å². The molecule has 37 heavy (non-hydrogen) atoms. The van der Waals surface area contributed by atoms with Gasteiger partial charge in [0.25, 0.3) is 0 Å². The molecule has 5 rings (SSSR count). The van der Waals surface area contributed by atoms with E-state index in [1.54, 1.807) is 18.3 Å². The van der Waals surface area contributed by atoms with Crippen LogP contribution in [0, 0.1) is 11.7 Å². The zero-order chi connectivity index (χ0) is 25.6. The minimum absolute atomic E-state index is 0.252. The minimum atomic E-state index is -0.252. The van der Waals surface area contributed by atoms with Crippen molar-refractivity contribution in [3.8, 4) is 11.3 Å². The highest BCUT2D eigenvalue weighted by Crippen LogP contribution is 2.32. The molecule has 0 bridgehead atoms. The second kappa shape index (κ2) is 11.8. The Bertz CT molecular complexity index is 1360. The smallest absolute Gasteiger partial charge is 0.134 e. The number of pyridine rings is 2. The third-order valence-electron chi connectivity index (χ3n) is 6.63. The summed E-state index contributed by atoms with van der Waals surface area (Å²) in [6, 6.07) is 16.5. The van der Waals surface area contributed by atoms with Crippen LogP contribution in [0.25, 0.3) is 11.3 Å². The Kier molecular flexibility index (Phi) is 8.12. The summed E-state index contributed by atoms with van der Waals surface area (Å²) >= 11 is 12.5. The number of anilines is 2. The lowest BCUT2D eigenvalue weighted by Crippen LogP contribution is -2.27. The zero-order valence-electron chi connectivity index (χ0n) is 20.2. The van der Waals surface area contributed by atoms with Crippen LogP contribution in [0.3, 0.4) is 0 Å². The van der Waals surface area contributed by atoms with E-state index in [1.165, 1.54) is 18.5 Å². The summed E-state index contributed by atoms with van der Waals surface area (Å²) in [7, 11) is 0. The Morgan fingerprint density at radius 2 is 1.73 bits per heavy atom. The van der Waals surface area contributed by atoms with Crippen LogP contribution < -0.4 is 10.6 Å². The second-order valence-corrected chi connectivity index (χ2v) is 10.1. The van der Waals surface area contributed by atoms with Gasteiger partial charge in [0.05, 0.1) is 10.7 Å². The molecule has 6 nitrogen and oxygen atoms in total. The standard InChI is InChI=1S/C28H27Cl2FN6/c29-24-16-32-22(12-18-7-9-21(10-8-18)36-28-14-26(30)34-17-35-28)13-23(24)25-5-2-6-27(37-25)33-15-19-3-1-4-20(31)11-19/h1-6,11,13-14,16-18,21H,7-10,12,15H2,(H,33,37)(H,34,35,36). The lowest BCUT2D eigenvalue weighted by molar-refractivity contribution is 0.334. The van der Waals surface area contributed by atoms with E-state index in [2.05, 4.69) is 25.6 Å². The summed E-state index contributed by atoms with van der Waals surface area (Å²) in [6.07, 6.45) is 8.42. The molecule has 1 fully saturated rings.